The zero-order chi connectivity index (χ0) is 13.4. The lowest BCUT2D eigenvalue weighted by molar-refractivity contribution is -0.139. The van der Waals surface area contributed by atoms with Crippen LogP contribution >= 0.6 is 11.3 Å². The molecular formula is C13H18N2O3S. The Morgan fingerprint density at radius 2 is 2.37 bits per heavy atom. The molecule has 5 nitrogen and oxygen atoms in total. The number of fused-ring (bicyclic) bond motifs is 1. The standard InChI is InChI=1S/C13H18N2O3S/c1-15(8-5-6-18-7-8)13-14-11-9(12(16)17)3-2-4-10(11)19-13/h8-9H,2-7H2,1H3,(H,16,17). The van der Waals surface area contributed by atoms with E-state index < -0.39 is 11.9 Å². The topological polar surface area (TPSA) is 62.7 Å². The first kappa shape index (κ1) is 12.9. The van der Waals surface area contributed by atoms with Crippen LogP contribution in [-0.4, -0.2) is 42.4 Å². The molecule has 1 aromatic heterocycles. The zero-order valence-corrected chi connectivity index (χ0v) is 11.8. The monoisotopic (exact) mass is 282 g/mol. The number of aliphatic carboxylic acids is 1. The third-order valence-electron chi connectivity index (χ3n) is 4.00. The Labute approximate surface area is 116 Å². The van der Waals surface area contributed by atoms with Crippen molar-refractivity contribution in [2.75, 3.05) is 25.2 Å². The SMILES string of the molecule is CN(c1nc2c(s1)CCCC2C(=O)O)C1CCOC1. The molecule has 1 aliphatic carbocycles. The predicted molar refractivity (Wildman–Crippen MR) is 73.1 cm³/mol. The number of likely N-dealkylation sites (N-methyl/N-ethyl adjacent to an activating group) is 1. The van der Waals surface area contributed by atoms with E-state index in [0.717, 1.165) is 48.2 Å². The number of carbonyl (C=O) groups is 1. The summed E-state index contributed by atoms with van der Waals surface area (Å²) in [6.45, 7) is 1.54. The van der Waals surface area contributed by atoms with Gasteiger partial charge in [-0.05, 0) is 25.7 Å². The Hall–Kier alpha value is -1.14. The summed E-state index contributed by atoms with van der Waals surface area (Å²) >= 11 is 1.65. The molecule has 2 heterocycles. The minimum absolute atomic E-state index is 0.371. The first-order valence-corrected chi connectivity index (χ1v) is 7.51. The number of carboxylic acid groups (broad SMARTS) is 1. The highest BCUT2D eigenvalue weighted by molar-refractivity contribution is 7.15. The third-order valence-corrected chi connectivity index (χ3v) is 5.22. The van der Waals surface area contributed by atoms with Crippen molar-refractivity contribution >= 4 is 22.4 Å². The molecule has 0 aromatic carbocycles. The third kappa shape index (κ3) is 2.34. The van der Waals surface area contributed by atoms with Crippen LogP contribution in [-0.2, 0) is 16.0 Å². The molecule has 0 saturated carbocycles. The summed E-state index contributed by atoms with van der Waals surface area (Å²) in [6, 6.07) is 0.371. The van der Waals surface area contributed by atoms with E-state index in [0.29, 0.717) is 12.5 Å². The fourth-order valence-electron chi connectivity index (χ4n) is 2.78. The highest BCUT2D eigenvalue weighted by atomic mass is 32.1. The molecule has 1 aliphatic heterocycles. The highest BCUT2D eigenvalue weighted by Gasteiger charge is 2.32. The van der Waals surface area contributed by atoms with Gasteiger partial charge >= 0.3 is 5.97 Å². The van der Waals surface area contributed by atoms with Crippen molar-refractivity contribution in [2.24, 2.45) is 0 Å². The number of anilines is 1. The summed E-state index contributed by atoms with van der Waals surface area (Å²) in [4.78, 5) is 19.2. The Morgan fingerprint density at radius 1 is 1.53 bits per heavy atom. The van der Waals surface area contributed by atoms with Crippen molar-refractivity contribution in [1.29, 1.82) is 0 Å². The second-order valence-corrected chi connectivity index (χ2v) is 6.28. The van der Waals surface area contributed by atoms with E-state index in [2.05, 4.69) is 9.88 Å². The summed E-state index contributed by atoms with van der Waals surface area (Å²) in [5.74, 6) is -1.16. The number of nitrogens with zero attached hydrogens (tertiary/aromatic N) is 2. The van der Waals surface area contributed by atoms with Crippen molar-refractivity contribution < 1.29 is 14.6 Å². The number of aromatic nitrogens is 1. The van der Waals surface area contributed by atoms with Gasteiger partial charge in [0.2, 0.25) is 0 Å². The van der Waals surface area contributed by atoms with Gasteiger partial charge in [0.05, 0.1) is 18.3 Å². The van der Waals surface area contributed by atoms with Gasteiger partial charge in [0.25, 0.3) is 0 Å². The van der Waals surface area contributed by atoms with Gasteiger partial charge < -0.3 is 14.7 Å². The molecule has 6 heteroatoms. The van der Waals surface area contributed by atoms with Gasteiger partial charge in [-0.2, -0.15) is 0 Å². The number of carboxylic acids is 1. The van der Waals surface area contributed by atoms with Crippen molar-refractivity contribution in [1.82, 2.24) is 4.98 Å². The van der Waals surface area contributed by atoms with Crippen LogP contribution in [0.15, 0.2) is 0 Å². The molecule has 2 atom stereocenters. The Balaban J connectivity index is 1.86. The van der Waals surface area contributed by atoms with Gasteiger partial charge in [0.1, 0.15) is 5.92 Å². The van der Waals surface area contributed by atoms with Crippen LogP contribution in [0.1, 0.15) is 35.8 Å². The molecule has 0 amide bonds. The summed E-state index contributed by atoms with van der Waals surface area (Å²) in [7, 11) is 2.03. The molecule has 0 spiro atoms. The minimum atomic E-state index is -0.746. The number of thiazole rings is 1. The zero-order valence-electron chi connectivity index (χ0n) is 11.0. The molecule has 0 radical (unpaired) electrons. The number of aryl methyl sites for hydroxylation is 1. The molecule has 2 unspecified atom stereocenters. The Bertz CT molecular complexity index is 482. The molecule has 104 valence electrons. The molecule has 0 bridgehead atoms. The average molecular weight is 282 g/mol. The maximum Gasteiger partial charge on any atom is 0.312 e. The van der Waals surface area contributed by atoms with Crippen molar-refractivity contribution in [3.63, 3.8) is 0 Å². The van der Waals surface area contributed by atoms with Gasteiger partial charge in [-0.1, -0.05) is 0 Å². The first-order valence-electron chi connectivity index (χ1n) is 6.70. The fourth-order valence-corrected chi connectivity index (χ4v) is 3.98. The lowest BCUT2D eigenvalue weighted by Crippen LogP contribution is -2.31. The van der Waals surface area contributed by atoms with Crippen LogP contribution in [0.5, 0.6) is 0 Å². The van der Waals surface area contributed by atoms with Crippen molar-refractivity contribution in [2.45, 2.75) is 37.6 Å². The van der Waals surface area contributed by atoms with Gasteiger partial charge in [-0.15, -0.1) is 11.3 Å². The molecule has 19 heavy (non-hydrogen) atoms. The quantitative estimate of drug-likeness (QED) is 0.917. The molecule has 3 rings (SSSR count). The maximum atomic E-state index is 11.3. The predicted octanol–water partition coefficient (Wildman–Crippen LogP) is 1.87. The van der Waals surface area contributed by atoms with E-state index >= 15 is 0 Å². The van der Waals surface area contributed by atoms with E-state index in [1.54, 1.807) is 11.3 Å². The molecule has 1 saturated heterocycles. The fraction of sp³-hybridized carbons (Fsp3) is 0.692. The van der Waals surface area contributed by atoms with E-state index in [1.807, 2.05) is 7.05 Å². The second-order valence-electron chi connectivity index (χ2n) is 5.22. The molecule has 1 fully saturated rings. The van der Waals surface area contributed by atoms with E-state index in [4.69, 9.17) is 4.74 Å². The molecule has 1 N–H and O–H groups in total. The number of hydrogen-bond donors (Lipinski definition) is 1. The van der Waals surface area contributed by atoms with Gasteiger partial charge in [-0.3, -0.25) is 4.79 Å². The van der Waals surface area contributed by atoms with Gasteiger partial charge in [0, 0.05) is 18.5 Å². The largest absolute Gasteiger partial charge is 0.481 e. The lowest BCUT2D eigenvalue weighted by Gasteiger charge is -2.22. The number of rotatable bonds is 3. The number of hydrogen-bond acceptors (Lipinski definition) is 5. The van der Waals surface area contributed by atoms with Crippen LogP contribution in [0.25, 0.3) is 0 Å². The highest BCUT2D eigenvalue weighted by Crippen LogP contribution is 2.38. The van der Waals surface area contributed by atoms with Crippen molar-refractivity contribution in [3.8, 4) is 0 Å². The summed E-state index contributed by atoms with van der Waals surface area (Å²) in [5, 5.41) is 10.2. The summed E-state index contributed by atoms with van der Waals surface area (Å²) in [6.07, 6.45) is 3.64. The van der Waals surface area contributed by atoms with Crippen LogP contribution in [0.2, 0.25) is 0 Å². The molecule has 1 aromatic rings. The first-order chi connectivity index (χ1) is 9.16. The number of ether oxygens (including phenoxy) is 1. The van der Waals surface area contributed by atoms with Crippen LogP contribution in [0.3, 0.4) is 0 Å². The smallest absolute Gasteiger partial charge is 0.312 e. The maximum absolute atomic E-state index is 11.3. The van der Waals surface area contributed by atoms with Gasteiger partial charge in [-0.25, -0.2) is 4.98 Å². The normalized spacial score (nSPS) is 26.2. The Morgan fingerprint density at radius 3 is 3.05 bits per heavy atom. The second kappa shape index (κ2) is 5.09. The average Bonchev–Trinajstić information content (AvgIpc) is 3.06. The lowest BCUT2D eigenvalue weighted by atomic mass is 9.91. The minimum Gasteiger partial charge on any atom is -0.481 e. The summed E-state index contributed by atoms with van der Waals surface area (Å²) in [5.41, 5.74) is 0.796. The van der Waals surface area contributed by atoms with Crippen molar-refractivity contribution in [3.05, 3.63) is 10.6 Å². The van der Waals surface area contributed by atoms with Crippen LogP contribution < -0.4 is 4.90 Å². The van der Waals surface area contributed by atoms with Crippen LogP contribution in [0.4, 0.5) is 5.13 Å². The molecular weight excluding hydrogens is 264 g/mol. The van der Waals surface area contributed by atoms with Crippen LogP contribution in [0, 0.1) is 0 Å². The summed E-state index contributed by atoms with van der Waals surface area (Å²) < 4.78 is 5.40. The van der Waals surface area contributed by atoms with E-state index in [-0.39, 0.29) is 0 Å². The molecule has 2 aliphatic rings. The van der Waals surface area contributed by atoms with E-state index in [9.17, 15) is 9.90 Å². The van der Waals surface area contributed by atoms with Gasteiger partial charge in [0.15, 0.2) is 5.13 Å². The van der Waals surface area contributed by atoms with E-state index in [1.165, 1.54) is 0 Å². The Kier molecular flexibility index (Phi) is 3.45.